The number of carbonyl (C=O) groups is 1. The zero-order valence-corrected chi connectivity index (χ0v) is 9.68. The average molecular weight is 228 g/mol. The Balaban J connectivity index is 2.40. The number of methoxy groups -OCH3 is 1. The Bertz CT molecular complexity index is 535. The molecule has 2 rings (SSSR count). The minimum atomic E-state index is -0.185. The SMILES string of the molecule is COc1cccnc1C(=O)c1ccc(C)nc1. The van der Waals surface area contributed by atoms with Crippen LogP contribution in [0.5, 0.6) is 5.75 Å². The van der Waals surface area contributed by atoms with E-state index in [-0.39, 0.29) is 5.78 Å². The lowest BCUT2D eigenvalue weighted by Crippen LogP contribution is -2.06. The van der Waals surface area contributed by atoms with Gasteiger partial charge in [-0.2, -0.15) is 0 Å². The van der Waals surface area contributed by atoms with Crippen molar-refractivity contribution in [2.24, 2.45) is 0 Å². The number of pyridine rings is 2. The van der Waals surface area contributed by atoms with Gasteiger partial charge in [0.1, 0.15) is 5.75 Å². The molecule has 0 fully saturated rings. The topological polar surface area (TPSA) is 52.1 Å². The van der Waals surface area contributed by atoms with E-state index in [1.165, 1.54) is 7.11 Å². The van der Waals surface area contributed by atoms with E-state index in [1.807, 2.05) is 6.92 Å². The molecule has 0 radical (unpaired) electrons. The maximum absolute atomic E-state index is 12.2. The summed E-state index contributed by atoms with van der Waals surface area (Å²) in [7, 11) is 1.52. The van der Waals surface area contributed by atoms with Gasteiger partial charge in [-0.25, -0.2) is 4.98 Å². The van der Waals surface area contributed by atoms with Crippen LogP contribution in [0, 0.1) is 6.92 Å². The Hall–Kier alpha value is -2.23. The van der Waals surface area contributed by atoms with Crippen molar-refractivity contribution in [2.45, 2.75) is 6.92 Å². The third-order valence-electron chi connectivity index (χ3n) is 2.38. The van der Waals surface area contributed by atoms with E-state index < -0.39 is 0 Å². The predicted molar refractivity (Wildman–Crippen MR) is 63.2 cm³/mol. The van der Waals surface area contributed by atoms with Crippen molar-refractivity contribution >= 4 is 5.78 Å². The van der Waals surface area contributed by atoms with Gasteiger partial charge >= 0.3 is 0 Å². The Morgan fingerprint density at radius 2 is 2.06 bits per heavy atom. The monoisotopic (exact) mass is 228 g/mol. The molecule has 0 amide bonds. The van der Waals surface area contributed by atoms with E-state index in [9.17, 15) is 4.79 Å². The molecule has 2 aromatic heterocycles. The highest BCUT2D eigenvalue weighted by Crippen LogP contribution is 2.18. The number of ketones is 1. The third-order valence-corrected chi connectivity index (χ3v) is 2.38. The van der Waals surface area contributed by atoms with Gasteiger partial charge in [0.2, 0.25) is 5.78 Å². The molecule has 0 N–H and O–H groups in total. The minimum absolute atomic E-state index is 0.185. The van der Waals surface area contributed by atoms with Gasteiger partial charge in [-0.1, -0.05) is 0 Å². The smallest absolute Gasteiger partial charge is 0.216 e. The average Bonchev–Trinajstić information content (AvgIpc) is 2.39. The van der Waals surface area contributed by atoms with Gasteiger partial charge < -0.3 is 4.74 Å². The highest BCUT2D eigenvalue weighted by Gasteiger charge is 2.15. The molecule has 0 aromatic carbocycles. The van der Waals surface area contributed by atoms with E-state index >= 15 is 0 Å². The molecule has 0 atom stereocenters. The number of rotatable bonds is 3. The van der Waals surface area contributed by atoms with Crippen molar-refractivity contribution in [2.75, 3.05) is 7.11 Å². The quantitative estimate of drug-likeness (QED) is 0.754. The standard InChI is InChI=1S/C13H12N2O2/c1-9-5-6-10(8-15-9)13(16)12-11(17-2)4-3-7-14-12/h3-8H,1-2H3. The largest absolute Gasteiger partial charge is 0.494 e. The van der Waals surface area contributed by atoms with Gasteiger partial charge in [0.05, 0.1) is 7.11 Å². The lowest BCUT2D eigenvalue weighted by atomic mass is 10.1. The van der Waals surface area contributed by atoms with Gasteiger partial charge in [0.25, 0.3) is 0 Å². The van der Waals surface area contributed by atoms with Crippen molar-refractivity contribution in [1.29, 1.82) is 0 Å². The second kappa shape index (κ2) is 4.74. The first kappa shape index (κ1) is 11.3. The van der Waals surface area contributed by atoms with Crippen molar-refractivity contribution in [3.63, 3.8) is 0 Å². The molecule has 0 aliphatic heterocycles. The molecule has 2 heterocycles. The van der Waals surface area contributed by atoms with Crippen LogP contribution in [0.25, 0.3) is 0 Å². The summed E-state index contributed by atoms with van der Waals surface area (Å²) in [6.07, 6.45) is 3.11. The zero-order valence-electron chi connectivity index (χ0n) is 9.68. The summed E-state index contributed by atoms with van der Waals surface area (Å²) in [6.45, 7) is 1.87. The molecule has 17 heavy (non-hydrogen) atoms. The molecule has 0 aliphatic rings. The number of aromatic nitrogens is 2. The third kappa shape index (κ3) is 2.30. The number of carbonyl (C=O) groups excluding carboxylic acids is 1. The molecule has 0 saturated carbocycles. The van der Waals surface area contributed by atoms with E-state index in [1.54, 1.807) is 36.7 Å². The summed E-state index contributed by atoms with van der Waals surface area (Å²) < 4.78 is 5.11. The first-order chi connectivity index (χ1) is 8.22. The second-order valence-electron chi connectivity index (χ2n) is 3.57. The fraction of sp³-hybridized carbons (Fsp3) is 0.154. The zero-order chi connectivity index (χ0) is 12.3. The van der Waals surface area contributed by atoms with Crippen molar-refractivity contribution in [3.8, 4) is 5.75 Å². The lowest BCUT2D eigenvalue weighted by molar-refractivity contribution is 0.103. The Labute approximate surface area is 99.3 Å². The fourth-order valence-corrected chi connectivity index (χ4v) is 1.46. The van der Waals surface area contributed by atoms with Crippen molar-refractivity contribution < 1.29 is 9.53 Å². The predicted octanol–water partition coefficient (Wildman–Crippen LogP) is 2.02. The molecular formula is C13H12N2O2. The van der Waals surface area contributed by atoms with Crippen LogP contribution in [-0.4, -0.2) is 22.9 Å². The molecule has 0 aliphatic carbocycles. The van der Waals surface area contributed by atoms with Gasteiger partial charge in [0.15, 0.2) is 5.69 Å². The van der Waals surface area contributed by atoms with Crippen LogP contribution in [0.4, 0.5) is 0 Å². The van der Waals surface area contributed by atoms with E-state index in [2.05, 4.69) is 9.97 Å². The van der Waals surface area contributed by atoms with E-state index in [0.717, 1.165) is 5.69 Å². The normalized spacial score (nSPS) is 10.0. The van der Waals surface area contributed by atoms with E-state index in [4.69, 9.17) is 4.74 Å². The highest BCUT2D eigenvalue weighted by molar-refractivity contribution is 6.09. The summed E-state index contributed by atoms with van der Waals surface area (Å²) in [5.41, 5.74) is 1.68. The molecule has 0 bridgehead atoms. The summed E-state index contributed by atoms with van der Waals surface area (Å²) >= 11 is 0. The lowest BCUT2D eigenvalue weighted by Gasteiger charge is -2.05. The molecule has 2 aromatic rings. The Morgan fingerprint density at radius 3 is 2.71 bits per heavy atom. The van der Waals surface area contributed by atoms with Crippen molar-refractivity contribution in [1.82, 2.24) is 9.97 Å². The van der Waals surface area contributed by atoms with Crippen LogP contribution in [0.3, 0.4) is 0 Å². The first-order valence-electron chi connectivity index (χ1n) is 5.18. The molecule has 4 heteroatoms. The molecular weight excluding hydrogens is 216 g/mol. The van der Waals surface area contributed by atoms with Crippen LogP contribution in [-0.2, 0) is 0 Å². The number of aryl methyl sites for hydroxylation is 1. The van der Waals surface area contributed by atoms with Crippen LogP contribution in [0.2, 0.25) is 0 Å². The van der Waals surface area contributed by atoms with Crippen LogP contribution in [0.15, 0.2) is 36.7 Å². The minimum Gasteiger partial charge on any atom is -0.494 e. The summed E-state index contributed by atoms with van der Waals surface area (Å²) in [4.78, 5) is 20.3. The maximum Gasteiger partial charge on any atom is 0.216 e. The summed E-state index contributed by atoms with van der Waals surface area (Å²) in [5, 5.41) is 0. The summed E-state index contributed by atoms with van der Waals surface area (Å²) in [5.74, 6) is 0.285. The fourth-order valence-electron chi connectivity index (χ4n) is 1.46. The van der Waals surface area contributed by atoms with Crippen LogP contribution in [0.1, 0.15) is 21.7 Å². The second-order valence-corrected chi connectivity index (χ2v) is 3.57. The van der Waals surface area contributed by atoms with Gasteiger partial charge in [-0.15, -0.1) is 0 Å². The molecule has 0 unspecified atom stereocenters. The van der Waals surface area contributed by atoms with E-state index in [0.29, 0.717) is 17.0 Å². The number of hydrogen-bond donors (Lipinski definition) is 0. The molecule has 0 saturated heterocycles. The maximum atomic E-state index is 12.2. The van der Waals surface area contributed by atoms with Crippen LogP contribution < -0.4 is 4.74 Å². The Morgan fingerprint density at radius 1 is 1.24 bits per heavy atom. The van der Waals surface area contributed by atoms with Crippen molar-refractivity contribution in [3.05, 3.63) is 53.6 Å². The number of ether oxygens (including phenoxy) is 1. The number of hydrogen-bond acceptors (Lipinski definition) is 4. The van der Waals surface area contributed by atoms with Gasteiger partial charge in [0, 0.05) is 23.7 Å². The molecule has 4 nitrogen and oxygen atoms in total. The molecule has 86 valence electrons. The van der Waals surface area contributed by atoms with Gasteiger partial charge in [-0.3, -0.25) is 9.78 Å². The summed E-state index contributed by atoms with van der Waals surface area (Å²) in [6, 6.07) is 6.96. The van der Waals surface area contributed by atoms with Crippen LogP contribution >= 0.6 is 0 Å². The molecule has 0 spiro atoms. The van der Waals surface area contributed by atoms with Gasteiger partial charge in [-0.05, 0) is 31.2 Å². The highest BCUT2D eigenvalue weighted by atomic mass is 16.5. The first-order valence-corrected chi connectivity index (χ1v) is 5.18. The number of nitrogens with zero attached hydrogens (tertiary/aromatic N) is 2. The Kier molecular flexibility index (Phi) is 3.14.